The number of rotatable bonds is 4. The molecule has 0 aliphatic rings. The van der Waals surface area contributed by atoms with Crippen LogP contribution in [0, 0.1) is 6.92 Å². The monoisotopic (exact) mass is 311 g/mol. The van der Waals surface area contributed by atoms with Crippen LogP contribution in [-0.4, -0.2) is 13.5 Å². The van der Waals surface area contributed by atoms with Gasteiger partial charge in [-0.1, -0.05) is 12.1 Å². The summed E-state index contributed by atoms with van der Waals surface area (Å²) >= 11 is 0. The third kappa shape index (κ3) is 3.71. The van der Waals surface area contributed by atoms with E-state index in [-0.39, 0.29) is 12.3 Å². The predicted octanol–water partition coefficient (Wildman–Crippen LogP) is 4.03. The van der Waals surface area contributed by atoms with E-state index in [1.807, 2.05) is 13.0 Å². The summed E-state index contributed by atoms with van der Waals surface area (Å²) in [6, 6.07) is 9.47. The molecule has 0 atom stereocenters. The Kier molecular flexibility index (Phi) is 4.61. The summed E-state index contributed by atoms with van der Waals surface area (Å²) in [5.41, 5.74) is 8.73. The maximum absolute atomic E-state index is 12.3. The van der Waals surface area contributed by atoms with Crippen molar-refractivity contribution in [2.24, 2.45) is 5.73 Å². The second-order valence-corrected chi connectivity index (χ2v) is 4.77. The summed E-state index contributed by atoms with van der Waals surface area (Å²) < 4.78 is 46.1. The molecule has 2 rings (SSSR count). The van der Waals surface area contributed by atoms with Crippen molar-refractivity contribution < 1.29 is 22.6 Å². The van der Waals surface area contributed by atoms with Crippen molar-refractivity contribution in [2.75, 3.05) is 7.11 Å². The number of nitrogens with two attached hydrogens (primary N) is 1. The van der Waals surface area contributed by atoms with Gasteiger partial charge in [0.05, 0.1) is 7.11 Å². The number of methoxy groups -OCH3 is 1. The number of benzene rings is 2. The maximum Gasteiger partial charge on any atom is 0.573 e. The van der Waals surface area contributed by atoms with Crippen LogP contribution in [0.1, 0.15) is 11.1 Å². The summed E-state index contributed by atoms with van der Waals surface area (Å²) in [7, 11) is 1.55. The Hall–Kier alpha value is -2.21. The molecule has 0 aliphatic carbocycles. The summed E-state index contributed by atoms with van der Waals surface area (Å²) in [6.07, 6.45) is -4.71. The van der Waals surface area contributed by atoms with Crippen molar-refractivity contribution >= 4 is 0 Å². The van der Waals surface area contributed by atoms with Gasteiger partial charge in [0.25, 0.3) is 0 Å². The Bertz CT molecular complexity index is 669. The van der Waals surface area contributed by atoms with Gasteiger partial charge in [-0.2, -0.15) is 0 Å². The highest BCUT2D eigenvalue weighted by Crippen LogP contribution is 2.32. The Labute approximate surface area is 126 Å². The number of hydrogen-bond donors (Lipinski definition) is 1. The number of alkyl halides is 3. The van der Waals surface area contributed by atoms with E-state index in [1.165, 1.54) is 18.2 Å². The summed E-state index contributed by atoms with van der Waals surface area (Å²) in [5.74, 6) is 0.432. The SMILES string of the molecule is COc1c(C)cc(-c2cccc(OC(F)(F)F)c2)cc1CN. The van der Waals surface area contributed by atoms with Crippen LogP contribution in [0.15, 0.2) is 36.4 Å². The lowest BCUT2D eigenvalue weighted by molar-refractivity contribution is -0.274. The highest BCUT2D eigenvalue weighted by molar-refractivity contribution is 5.68. The van der Waals surface area contributed by atoms with Gasteiger partial charge in [0.15, 0.2) is 0 Å². The second kappa shape index (κ2) is 6.27. The molecule has 2 aromatic carbocycles. The van der Waals surface area contributed by atoms with Crippen molar-refractivity contribution in [3.63, 3.8) is 0 Å². The molecule has 0 aliphatic heterocycles. The van der Waals surface area contributed by atoms with Gasteiger partial charge in [-0.25, -0.2) is 0 Å². The van der Waals surface area contributed by atoms with Crippen molar-refractivity contribution in [1.82, 2.24) is 0 Å². The zero-order valence-corrected chi connectivity index (χ0v) is 12.2. The van der Waals surface area contributed by atoms with Crippen molar-refractivity contribution in [3.05, 3.63) is 47.5 Å². The average Bonchev–Trinajstić information content (AvgIpc) is 2.44. The van der Waals surface area contributed by atoms with E-state index in [9.17, 15) is 13.2 Å². The molecule has 0 aromatic heterocycles. The summed E-state index contributed by atoms with van der Waals surface area (Å²) in [5, 5.41) is 0. The Morgan fingerprint density at radius 3 is 2.41 bits per heavy atom. The molecule has 0 radical (unpaired) electrons. The third-order valence-electron chi connectivity index (χ3n) is 3.18. The zero-order chi connectivity index (χ0) is 16.3. The fourth-order valence-corrected chi connectivity index (χ4v) is 2.33. The Balaban J connectivity index is 2.44. The van der Waals surface area contributed by atoms with Crippen LogP contribution >= 0.6 is 0 Å². The average molecular weight is 311 g/mol. The van der Waals surface area contributed by atoms with Crippen molar-refractivity contribution in [2.45, 2.75) is 19.8 Å². The molecule has 0 saturated heterocycles. The van der Waals surface area contributed by atoms with Crippen LogP contribution in [0.3, 0.4) is 0 Å². The smallest absolute Gasteiger partial charge is 0.496 e. The topological polar surface area (TPSA) is 44.5 Å². The molecule has 0 spiro atoms. The number of aryl methyl sites for hydroxylation is 1. The standard InChI is InChI=1S/C16H16F3NO2/c1-10-6-12(7-13(9-20)15(10)21-2)11-4-3-5-14(8-11)22-16(17,18)19/h3-8H,9,20H2,1-2H3. The maximum atomic E-state index is 12.3. The van der Waals surface area contributed by atoms with Gasteiger partial charge in [-0.15, -0.1) is 13.2 Å². The third-order valence-corrected chi connectivity index (χ3v) is 3.18. The van der Waals surface area contributed by atoms with Gasteiger partial charge in [-0.3, -0.25) is 0 Å². The molecule has 2 aromatic rings. The number of hydrogen-bond acceptors (Lipinski definition) is 3. The Morgan fingerprint density at radius 2 is 1.82 bits per heavy atom. The normalized spacial score (nSPS) is 11.4. The van der Waals surface area contributed by atoms with E-state index in [1.54, 1.807) is 19.2 Å². The highest BCUT2D eigenvalue weighted by atomic mass is 19.4. The van der Waals surface area contributed by atoms with Crippen LogP contribution in [-0.2, 0) is 6.54 Å². The molecule has 0 bridgehead atoms. The summed E-state index contributed by atoms with van der Waals surface area (Å²) in [4.78, 5) is 0. The molecule has 6 heteroatoms. The largest absolute Gasteiger partial charge is 0.573 e. The lowest BCUT2D eigenvalue weighted by atomic mass is 9.99. The first-order chi connectivity index (χ1) is 10.3. The van der Waals surface area contributed by atoms with Crippen LogP contribution < -0.4 is 15.2 Å². The molecule has 0 saturated carbocycles. The fourth-order valence-electron chi connectivity index (χ4n) is 2.33. The molecule has 0 heterocycles. The van der Waals surface area contributed by atoms with Gasteiger partial charge in [0.1, 0.15) is 11.5 Å². The van der Waals surface area contributed by atoms with Crippen LogP contribution in [0.5, 0.6) is 11.5 Å². The quantitative estimate of drug-likeness (QED) is 0.927. The molecule has 22 heavy (non-hydrogen) atoms. The second-order valence-electron chi connectivity index (χ2n) is 4.77. The first kappa shape index (κ1) is 16.2. The van der Waals surface area contributed by atoms with E-state index in [0.29, 0.717) is 11.3 Å². The highest BCUT2D eigenvalue weighted by Gasteiger charge is 2.31. The minimum atomic E-state index is -4.71. The number of ether oxygens (including phenoxy) is 2. The fraction of sp³-hybridized carbons (Fsp3) is 0.250. The lowest BCUT2D eigenvalue weighted by Gasteiger charge is -2.14. The van der Waals surface area contributed by atoms with E-state index in [2.05, 4.69) is 4.74 Å². The molecular formula is C16H16F3NO2. The van der Waals surface area contributed by atoms with Crippen molar-refractivity contribution in [3.8, 4) is 22.6 Å². The molecule has 3 nitrogen and oxygen atoms in total. The van der Waals surface area contributed by atoms with Crippen LogP contribution in [0.4, 0.5) is 13.2 Å². The van der Waals surface area contributed by atoms with Gasteiger partial charge >= 0.3 is 6.36 Å². The first-order valence-electron chi connectivity index (χ1n) is 6.58. The zero-order valence-electron chi connectivity index (χ0n) is 12.2. The number of halogens is 3. The lowest BCUT2D eigenvalue weighted by Crippen LogP contribution is -2.17. The van der Waals surface area contributed by atoms with E-state index in [0.717, 1.165) is 16.7 Å². The molecule has 118 valence electrons. The minimum Gasteiger partial charge on any atom is -0.496 e. The van der Waals surface area contributed by atoms with Gasteiger partial charge in [0, 0.05) is 12.1 Å². The first-order valence-corrected chi connectivity index (χ1v) is 6.58. The van der Waals surface area contributed by atoms with E-state index in [4.69, 9.17) is 10.5 Å². The van der Waals surface area contributed by atoms with E-state index >= 15 is 0 Å². The van der Waals surface area contributed by atoms with Crippen LogP contribution in [0.2, 0.25) is 0 Å². The van der Waals surface area contributed by atoms with Crippen LogP contribution in [0.25, 0.3) is 11.1 Å². The molecule has 0 fully saturated rings. The van der Waals surface area contributed by atoms with E-state index < -0.39 is 6.36 Å². The van der Waals surface area contributed by atoms with Crippen molar-refractivity contribution in [1.29, 1.82) is 0 Å². The van der Waals surface area contributed by atoms with Gasteiger partial charge < -0.3 is 15.2 Å². The summed E-state index contributed by atoms with van der Waals surface area (Å²) in [6.45, 7) is 2.13. The molecular weight excluding hydrogens is 295 g/mol. The Morgan fingerprint density at radius 1 is 1.09 bits per heavy atom. The van der Waals surface area contributed by atoms with Gasteiger partial charge in [-0.05, 0) is 47.9 Å². The predicted molar refractivity (Wildman–Crippen MR) is 77.7 cm³/mol. The van der Waals surface area contributed by atoms with Gasteiger partial charge in [0.2, 0.25) is 0 Å². The minimum absolute atomic E-state index is 0.257. The molecule has 0 unspecified atom stereocenters. The molecule has 2 N–H and O–H groups in total. The molecule has 0 amide bonds.